The van der Waals surface area contributed by atoms with Crippen molar-refractivity contribution in [1.29, 1.82) is 5.41 Å². The topological polar surface area (TPSA) is 59.1 Å². The molecule has 2 aromatic carbocycles. The predicted molar refractivity (Wildman–Crippen MR) is 163 cm³/mol. The average Bonchev–Trinajstić information content (AvgIpc) is 3.28. The maximum Gasteiger partial charge on any atom is 0.130 e. The normalized spacial score (nSPS) is 38.5. The van der Waals surface area contributed by atoms with Crippen molar-refractivity contribution >= 4 is 16.6 Å². The fraction of sp³-hybridized carbons (Fsp3) is 0.694. The molecule has 0 aromatic heterocycles. The van der Waals surface area contributed by atoms with Gasteiger partial charge in [-0.05, 0) is 127 Å². The zero-order valence-corrected chi connectivity index (χ0v) is 25.0. The van der Waals surface area contributed by atoms with Crippen molar-refractivity contribution in [1.82, 2.24) is 0 Å². The summed E-state index contributed by atoms with van der Waals surface area (Å²) in [5.41, 5.74) is 7.86. The summed E-state index contributed by atoms with van der Waals surface area (Å²) in [6.07, 6.45) is 15.5. The molecule has 0 bridgehead atoms. The molecule has 4 saturated carbocycles. The van der Waals surface area contributed by atoms with Crippen LogP contribution >= 0.6 is 0 Å². The molecule has 2 aromatic rings. The Morgan fingerprint density at radius 2 is 1.74 bits per heavy atom. The zero-order valence-electron chi connectivity index (χ0n) is 25.0. The number of benzene rings is 2. The van der Waals surface area contributed by atoms with Gasteiger partial charge in [0.2, 0.25) is 0 Å². The van der Waals surface area contributed by atoms with Gasteiger partial charge in [-0.15, -0.1) is 0 Å². The first-order valence-electron chi connectivity index (χ1n) is 16.2. The van der Waals surface area contributed by atoms with E-state index in [1.165, 1.54) is 70.6 Å². The summed E-state index contributed by atoms with van der Waals surface area (Å²) in [5.74, 6) is 6.97. The highest BCUT2D eigenvalue weighted by molar-refractivity contribution is 6.09. The van der Waals surface area contributed by atoms with Crippen LogP contribution in [0, 0.1) is 57.7 Å². The van der Waals surface area contributed by atoms with Gasteiger partial charge in [0.05, 0.1) is 12.2 Å². The third-order valence-corrected chi connectivity index (χ3v) is 12.9. The maximum absolute atomic E-state index is 8.27. The molecule has 0 saturated heterocycles. The summed E-state index contributed by atoms with van der Waals surface area (Å²) in [5, 5.41) is 10.4. The number of nitrogen functional groups attached to an aromatic ring is 1. The standard InChI is InChI=1S/C36H52N2O/c1-5-8-23(2)29-16-17-30-28-15-14-26-13-11-24(21-36(26,4)31(28)19-20-35(29,30)3)22-39-32-18-12-25-9-6-7-10-27(25)33(32)34(37)38/h6-7,9-10,12,18,23-24,26,28-31H,5,8,11,13-17,19-22H2,1-4H3,(H3,37,38)/t23?,24?,26?,28?,29?,30?,31?,35-,36+/m1/s1. The second-order valence-corrected chi connectivity index (χ2v) is 14.7. The lowest BCUT2D eigenvalue weighted by molar-refractivity contribution is -0.125. The molecule has 3 heteroatoms. The minimum absolute atomic E-state index is 0.0981. The lowest BCUT2D eigenvalue weighted by Crippen LogP contribution is -2.54. The molecular formula is C36H52N2O. The second-order valence-electron chi connectivity index (χ2n) is 14.7. The molecule has 0 spiro atoms. The summed E-state index contributed by atoms with van der Waals surface area (Å²) in [6, 6.07) is 12.3. The van der Waals surface area contributed by atoms with Crippen molar-refractivity contribution in [3.05, 3.63) is 42.0 Å². The van der Waals surface area contributed by atoms with Gasteiger partial charge in [-0.3, -0.25) is 5.41 Å². The second kappa shape index (κ2) is 10.4. The van der Waals surface area contributed by atoms with Gasteiger partial charge < -0.3 is 10.5 Å². The van der Waals surface area contributed by atoms with E-state index >= 15 is 0 Å². The van der Waals surface area contributed by atoms with E-state index in [1.54, 1.807) is 0 Å². The van der Waals surface area contributed by atoms with Crippen LogP contribution in [0.15, 0.2) is 36.4 Å². The Bertz CT molecular complexity index is 1210. The largest absolute Gasteiger partial charge is 0.493 e. The highest BCUT2D eigenvalue weighted by atomic mass is 16.5. The first-order valence-corrected chi connectivity index (χ1v) is 16.2. The number of hydrogen-bond acceptors (Lipinski definition) is 2. The summed E-state index contributed by atoms with van der Waals surface area (Å²) >= 11 is 0. The van der Waals surface area contributed by atoms with Gasteiger partial charge >= 0.3 is 0 Å². The van der Waals surface area contributed by atoms with Crippen molar-refractivity contribution in [2.75, 3.05) is 6.61 Å². The number of nitrogens with one attached hydrogen (secondary N) is 1. The Hall–Kier alpha value is -2.03. The molecule has 39 heavy (non-hydrogen) atoms. The van der Waals surface area contributed by atoms with E-state index < -0.39 is 0 Å². The molecule has 4 aliphatic carbocycles. The Labute approximate surface area is 237 Å². The number of rotatable bonds is 7. The summed E-state index contributed by atoms with van der Waals surface area (Å²) in [6.45, 7) is 11.1. The van der Waals surface area contributed by atoms with Gasteiger partial charge in [-0.25, -0.2) is 0 Å². The van der Waals surface area contributed by atoms with E-state index in [1.807, 2.05) is 18.2 Å². The third kappa shape index (κ3) is 4.51. The lowest BCUT2D eigenvalue weighted by Gasteiger charge is -2.61. The first-order chi connectivity index (χ1) is 18.8. The minimum atomic E-state index is 0.0981. The maximum atomic E-state index is 8.27. The highest BCUT2D eigenvalue weighted by Crippen LogP contribution is 2.68. The predicted octanol–water partition coefficient (Wildman–Crippen LogP) is 9.21. The van der Waals surface area contributed by atoms with Crippen LogP contribution < -0.4 is 10.5 Å². The van der Waals surface area contributed by atoms with E-state index in [-0.39, 0.29) is 5.84 Å². The molecule has 0 aliphatic heterocycles. The molecular weight excluding hydrogens is 476 g/mol. The Balaban J connectivity index is 1.18. The third-order valence-electron chi connectivity index (χ3n) is 12.9. The van der Waals surface area contributed by atoms with Gasteiger partial charge in [0, 0.05) is 0 Å². The minimum Gasteiger partial charge on any atom is -0.493 e. The number of hydrogen-bond donors (Lipinski definition) is 2. The van der Waals surface area contributed by atoms with Crippen LogP contribution in [-0.4, -0.2) is 12.4 Å². The Kier molecular flexibility index (Phi) is 7.26. The monoisotopic (exact) mass is 528 g/mol. The van der Waals surface area contributed by atoms with E-state index in [2.05, 4.69) is 45.9 Å². The van der Waals surface area contributed by atoms with E-state index in [0.717, 1.165) is 64.2 Å². The van der Waals surface area contributed by atoms with Crippen LogP contribution in [0.4, 0.5) is 0 Å². The summed E-state index contributed by atoms with van der Waals surface area (Å²) in [4.78, 5) is 0. The zero-order chi connectivity index (χ0) is 27.4. The molecule has 7 unspecified atom stereocenters. The van der Waals surface area contributed by atoms with Crippen molar-refractivity contribution in [2.45, 2.75) is 98.3 Å². The van der Waals surface area contributed by atoms with Crippen LogP contribution in [0.25, 0.3) is 10.8 Å². The number of amidine groups is 1. The van der Waals surface area contributed by atoms with Crippen molar-refractivity contribution in [3.63, 3.8) is 0 Å². The highest BCUT2D eigenvalue weighted by Gasteiger charge is 2.60. The quantitative estimate of drug-likeness (QED) is 0.278. The van der Waals surface area contributed by atoms with Gasteiger partial charge in [-0.1, -0.05) is 70.9 Å². The van der Waals surface area contributed by atoms with Gasteiger partial charge in [0.15, 0.2) is 0 Å². The number of ether oxygens (including phenoxy) is 1. The Morgan fingerprint density at radius 1 is 0.974 bits per heavy atom. The molecule has 6 rings (SSSR count). The van der Waals surface area contributed by atoms with Gasteiger partial charge in [-0.2, -0.15) is 0 Å². The lowest BCUT2D eigenvalue weighted by atomic mass is 9.44. The van der Waals surface area contributed by atoms with E-state index in [4.69, 9.17) is 15.9 Å². The summed E-state index contributed by atoms with van der Waals surface area (Å²) < 4.78 is 6.53. The molecule has 9 atom stereocenters. The van der Waals surface area contributed by atoms with E-state index in [0.29, 0.717) is 16.7 Å². The fourth-order valence-corrected chi connectivity index (χ4v) is 11.1. The molecule has 3 nitrogen and oxygen atoms in total. The molecule has 0 radical (unpaired) electrons. The van der Waals surface area contributed by atoms with Crippen LogP contribution in [0.2, 0.25) is 0 Å². The van der Waals surface area contributed by atoms with Crippen molar-refractivity contribution in [3.8, 4) is 5.75 Å². The van der Waals surface area contributed by atoms with E-state index in [9.17, 15) is 0 Å². The van der Waals surface area contributed by atoms with Crippen LogP contribution in [0.1, 0.15) is 104 Å². The SMILES string of the molecule is CCCC(C)C1CCC2C3CCC4CCC(COc5ccc6ccccc6c5C(=N)N)C[C@]4(C)C3CC[C@]12C. The smallest absolute Gasteiger partial charge is 0.130 e. The van der Waals surface area contributed by atoms with Crippen molar-refractivity contribution in [2.24, 2.45) is 58.0 Å². The molecule has 4 fully saturated rings. The molecule has 0 heterocycles. The average molecular weight is 529 g/mol. The number of nitrogens with two attached hydrogens (primary N) is 1. The van der Waals surface area contributed by atoms with Crippen LogP contribution in [0.5, 0.6) is 5.75 Å². The first kappa shape index (κ1) is 27.2. The molecule has 212 valence electrons. The summed E-state index contributed by atoms with van der Waals surface area (Å²) in [7, 11) is 0. The number of fused-ring (bicyclic) bond motifs is 6. The molecule has 0 amide bonds. The van der Waals surface area contributed by atoms with Crippen LogP contribution in [-0.2, 0) is 0 Å². The fourth-order valence-electron chi connectivity index (χ4n) is 11.1. The molecule has 4 aliphatic rings. The van der Waals surface area contributed by atoms with Crippen LogP contribution in [0.3, 0.4) is 0 Å². The Morgan fingerprint density at radius 3 is 2.54 bits per heavy atom. The molecule has 3 N–H and O–H groups in total. The van der Waals surface area contributed by atoms with Crippen molar-refractivity contribution < 1.29 is 4.74 Å². The van der Waals surface area contributed by atoms with Gasteiger partial charge in [0.1, 0.15) is 11.6 Å². The van der Waals surface area contributed by atoms with Gasteiger partial charge in [0.25, 0.3) is 0 Å².